The Kier molecular flexibility index (Phi) is 4.78. The maximum Gasteiger partial charge on any atom is 0.252 e. The summed E-state index contributed by atoms with van der Waals surface area (Å²) in [5, 5.41) is 2.93. The van der Waals surface area contributed by atoms with Gasteiger partial charge in [0, 0.05) is 17.6 Å². The summed E-state index contributed by atoms with van der Waals surface area (Å²) in [6, 6.07) is 15.1. The molecule has 1 N–H and O–H groups in total. The first-order valence-corrected chi connectivity index (χ1v) is 8.40. The molecule has 2 heterocycles. The number of hydrogen-bond acceptors (Lipinski definition) is 4. The molecule has 0 spiro atoms. The minimum atomic E-state index is -0.0786. The van der Waals surface area contributed by atoms with Gasteiger partial charge in [-0.3, -0.25) is 9.78 Å². The lowest BCUT2D eigenvalue weighted by Gasteiger charge is -2.08. The third-order valence-corrected chi connectivity index (χ3v) is 4.20. The summed E-state index contributed by atoms with van der Waals surface area (Å²) in [6.45, 7) is 0.437. The van der Waals surface area contributed by atoms with Crippen molar-refractivity contribution in [2.24, 2.45) is 0 Å². The lowest BCUT2D eigenvalue weighted by atomic mass is 10.2. The fraction of sp³-hybridized carbons (Fsp3) is 0.111. The normalized spacial score (nSPS) is 10.5. The number of thioether (sulfide) groups is 1. The number of carbonyl (C=O) groups excluding carboxylic acids is 1. The molecule has 0 fully saturated rings. The van der Waals surface area contributed by atoms with Crippen molar-refractivity contribution in [1.29, 1.82) is 0 Å². The zero-order valence-electron chi connectivity index (χ0n) is 12.7. The highest BCUT2D eigenvalue weighted by molar-refractivity contribution is 7.98. The molecule has 0 aliphatic heterocycles. The van der Waals surface area contributed by atoms with Gasteiger partial charge in [0.25, 0.3) is 5.91 Å². The highest BCUT2D eigenvalue weighted by Crippen LogP contribution is 2.20. The lowest BCUT2D eigenvalue weighted by molar-refractivity contribution is 0.0948. The summed E-state index contributed by atoms with van der Waals surface area (Å²) in [4.78, 5) is 17.6. The predicted molar refractivity (Wildman–Crippen MR) is 91.3 cm³/mol. The zero-order chi connectivity index (χ0) is 16.1. The van der Waals surface area contributed by atoms with Gasteiger partial charge in [0.05, 0.1) is 11.8 Å². The molecule has 116 valence electrons. The molecular formula is C18H16N2O2S. The average molecular weight is 324 g/mol. The number of nitrogens with zero attached hydrogens (tertiary/aromatic N) is 1. The van der Waals surface area contributed by atoms with Gasteiger partial charge < -0.3 is 9.73 Å². The number of carbonyl (C=O) groups is 1. The second kappa shape index (κ2) is 7.15. The van der Waals surface area contributed by atoms with Gasteiger partial charge in [0.2, 0.25) is 0 Å². The van der Waals surface area contributed by atoms with Crippen LogP contribution in [0.2, 0.25) is 0 Å². The number of nitrogens with one attached hydrogen (secondary N) is 1. The van der Waals surface area contributed by atoms with Crippen molar-refractivity contribution in [1.82, 2.24) is 10.3 Å². The quantitative estimate of drug-likeness (QED) is 0.721. The Bertz CT molecular complexity index is 783. The Morgan fingerprint density at radius 3 is 2.74 bits per heavy atom. The third kappa shape index (κ3) is 3.63. The van der Waals surface area contributed by atoms with E-state index in [1.54, 1.807) is 24.2 Å². The van der Waals surface area contributed by atoms with Gasteiger partial charge in [-0.15, -0.1) is 11.8 Å². The summed E-state index contributed by atoms with van der Waals surface area (Å²) < 4.78 is 5.31. The number of aromatic nitrogens is 1. The Morgan fingerprint density at radius 2 is 2.04 bits per heavy atom. The van der Waals surface area contributed by atoms with Crippen LogP contribution in [0.1, 0.15) is 15.9 Å². The molecule has 0 saturated carbocycles. The maximum absolute atomic E-state index is 12.3. The second-order valence-electron chi connectivity index (χ2n) is 4.91. The molecular weight excluding hydrogens is 308 g/mol. The molecule has 1 amide bonds. The summed E-state index contributed by atoms with van der Waals surface area (Å²) in [5.74, 6) is 0.652. The first kappa shape index (κ1) is 15.4. The van der Waals surface area contributed by atoms with Crippen molar-refractivity contribution >= 4 is 17.7 Å². The molecule has 0 unspecified atom stereocenters. The van der Waals surface area contributed by atoms with E-state index in [0.29, 0.717) is 12.1 Å². The van der Waals surface area contributed by atoms with E-state index in [1.165, 1.54) is 0 Å². The number of pyridine rings is 1. The molecule has 0 atom stereocenters. The standard InChI is InChI=1S/C18H16N2O2S/c1-23-17-7-3-2-5-14(17)18(21)20-12-13-8-9-15(19-11-13)16-6-4-10-22-16/h2-11H,12H2,1H3,(H,20,21). The summed E-state index contributed by atoms with van der Waals surface area (Å²) in [7, 11) is 0. The van der Waals surface area contributed by atoms with Crippen LogP contribution < -0.4 is 5.32 Å². The van der Waals surface area contributed by atoms with E-state index in [-0.39, 0.29) is 5.91 Å². The number of furan rings is 1. The van der Waals surface area contributed by atoms with Gasteiger partial charge >= 0.3 is 0 Å². The van der Waals surface area contributed by atoms with E-state index >= 15 is 0 Å². The van der Waals surface area contributed by atoms with E-state index in [9.17, 15) is 4.79 Å². The Hall–Kier alpha value is -2.53. The van der Waals surface area contributed by atoms with Crippen molar-refractivity contribution in [3.63, 3.8) is 0 Å². The molecule has 0 saturated heterocycles. The van der Waals surface area contributed by atoms with Gasteiger partial charge in [0.1, 0.15) is 5.69 Å². The monoisotopic (exact) mass is 324 g/mol. The van der Waals surface area contributed by atoms with Crippen molar-refractivity contribution in [2.75, 3.05) is 6.26 Å². The van der Waals surface area contributed by atoms with Crippen LogP contribution in [0.25, 0.3) is 11.5 Å². The van der Waals surface area contributed by atoms with Crippen molar-refractivity contribution in [2.45, 2.75) is 11.4 Å². The fourth-order valence-electron chi connectivity index (χ4n) is 2.21. The minimum Gasteiger partial charge on any atom is -0.463 e. The second-order valence-corrected chi connectivity index (χ2v) is 5.76. The van der Waals surface area contributed by atoms with Crippen LogP contribution in [0.4, 0.5) is 0 Å². The number of amides is 1. The maximum atomic E-state index is 12.3. The van der Waals surface area contributed by atoms with E-state index in [1.807, 2.05) is 54.8 Å². The zero-order valence-corrected chi connectivity index (χ0v) is 13.5. The number of hydrogen-bond donors (Lipinski definition) is 1. The Morgan fingerprint density at radius 1 is 1.17 bits per heavy atom. The first-order chi connectivity index (χ1) is 11.3. The molecule has 3 aromatic rings. The van der Waals surface area contributed by atoms with Gasteiger partial charge in [-0.2, -0.15) is 0 Å². The fourth-order valence-corrected chi connectivity index (χ4v) is 2.80. The minimum absolute atomic E-state index is 0.0786. The highest BCUT2D eigenvalue weighted by Gasteiger charge is 2.10. The van der Waals surface area contributed by atoms with Gasteiger partial charge in [-0.1, -0.05) is 18.2 Å². The predicted octanol–water partition coefficient (Wildman–Crippen LogP) is 3.99. The Balaban J connectivity index is 1.65. The van der Waals surface area contributed by atoms with Crippen LogP contribution in [0.15, 0.2) is 70.3 Å². The smallest absolute Gasteiger partial charge is 0.252 e. The van der Waals surface area contributed by atoms with Gasteiger partial charge in [-0.05, 0) is 42.2 Å². The van der Waals surface area contributed by atoms with Crippen molar-refractivity contribution in [3.8, 4) is 11.5 Å². The molecule has 0 aliphatic rings. The van der Waals surface area contributed by atoms with Crippen LogP contribution in [-0.2, 0) is 6.54 Å². The van der Waals surface area contributed by atoms with Crippen molar-refractivity contribution < 1.29 is 9.21 Å². The first-order valence-electron chi connectivity index (χ1n) is 7.18. The molecule has 2 aromatic heterocycles. The van der Waals surface area contributed by atoms with E-state index in [0.717, 1.165) is 21.9 Å². The molecule has 3 rings (SSSR count). The largest absolute Gasteiger partial charge is 0.463 e. The molecule has 0 aliphatic carbocycles. The molecule has 0 bridgehead atoms. The summed E-state index contributed by atoms with van der Waals surface area (Å²) >= 11 is 1.56. The van der Waals surface area contributed by atoms with E-state index in [2.05, 4.69) is 10.3 Å². The topological polar surface area (TPSA) is 55.1 Å². The summed E-state index contributed by atoms with van der Waals surface area (Å²) in [6.07, 6.45) is 5.33. The van der Waals surface area contributed by atoms with Crippen LogP contribution >= 0.6 is 11.8 Å². The average Bonchev–Trinajstić information content (AvgIpc) is 3.14. The molecule has 4 nitrogen and oxygen atoms in total. The number of rotatable bonds is 5. The van der Waals surface area contributed by atoms with Crippen LogP contribution in [-0.4, -0.2) is 17.1 Å². The van der Waals surface area contributed by atoms with E-state index < -0.39 is 0 Å². The molecule has 1 aromatic carbocycles. The van der Waals surface area contributed by atoms with Crippen LogP contribution in [0, 0.1) is 0 Å². The van der Waals surface area contributed by atoms with Gasteiger partial charge in [-0.25, -0.2) is 0 Å². The molecule has 23 heavy (non-hydrogen) atoms. The van der Waals surface area contributed by atoms with Crippen molar-refractivity contribution in [3.05, 3.63) is 72.1 Å². The highest BCUT2D eigenvalue weighted by atomic mass is 32.2. The van der Waals surface area contributed by atoms with Gasteiger partial charge in [0.15, 0.2) is 5.76 Å². The lowest BCUT2D eigenvalue weighted by Crippen LogP contribution is -2.23. The molecule has 0 radical (unpaired) electrons. The van der Waals surface area contributed by atoms with Crippen LogP contribution in [0.5, 0.6) is 0 Å². The Labute approximate surface area is 138 Å². The van der Waals surface area contributed by atoms with Crippen LogP contribution in [0.3, 0.4) is 0 Å². The molecule has 5 heteroatoms. The SMILES string of the molecule is CSc1ccccc1C(=O)NCc1ccc(-c2ccco2)nc1. The third-order valence-electron chi connectivity index (χ3n) is 3.40. The summed E-state index contributed by atoms with van der Waals surface area (Å²) in [5.41, 5.74) is 2.41. The van der Waals surface area contributed by atoms with E-state index in [4.69, 9.17) is 4.42 Å². The number of benzene rings is 1.